The highest BCUT2D eigenvalue weighted by Crippen LogP contribution is 2.49. The van der Waals surface area contributed by atoms with Crippen LogP contribution in [0.25, 0.3) is 0 Å². The second-order valence-electron chi connectivity index (χ2n) is 8.34. The van der Waals surface area contributed by atoms with E-state index in [0.29, 0.717) is 18.9 Å². The molecule has 1 aromatic carbocycles. The van der Waals surface area contributed by atoms with Crippen LogP contribution in [0.2, 0.25) is 0 Å². The van der Waals surface area contributed by atoms with Crippen LogP contribution in [0.4, 0.5) is 13.2 Å². The summed E-state index contributed by atoms with van der Waals surface area (Å²) in [7, 11) is 1.66. The third-order valence-electron chi connectivity index (χ3n) is 6.19. The number of nitrogens with zero attached hydrogens (tertiary/aromatic N) is 2. The molecule has 1 amide bonds. The third kappa shape index (κ3) is 5.46. The second kappa shape index (κ2) is 9.27. The van der Waals surface area contributed by atoms with Crippen molar-refractivity contribution >= 4 is 11.9 Å². The summed E-state index contributed by atoms with van der Waals surface area (Å²) in [4.78, 5) is 18.6. The number of alkyl halides is 3. The number of carbonyl (C=O) groups is 1. The smallest absolute Gasteiger partial charge is 0.359 e. The van der Waals surface area contributed by atoms with Gasteiger partial charge in [-0.3, -0.25) is 9.79 Å². The second-order valence-corrected chi connectivity index (χ2v) is 8.34. The molecular weight excluding hydrogens is 393 g/mol. The van der Waals surface area contributed by atoms with Crippen LogP contribution in [-0.2, 0) is 16.4 Å². The van der Waals surface area contributed by atoms with Crippen LogP contribution in [0.15, 0.2) is 29.3 Å². The average molecular weight is 425 g/mol. The number of hydrogen-bond donors (Lipinski definition) is 2. The van der Waals surface area contributed by atoms with Gasteiger partial charge in [0.15, 0.2) is 5.96 Å². The maximum absolute atomic E-state index is 13.1. The lowest BCUT2D eigenvalue weighted by Gasteiger charge is -2.34. The normalized spacial score (nSPS) is 19.5. The first-order valence-corrected chi connectivity index (χ1v) is 10.7. The Balaban J connectivity index is 1.66. The predicted octanol–water partition coefficient (Wildman–Crippen LogP) is 3.55. The third-order valence-corrected chi connectivity index (χ3v) is 6.19. The zero-order valence-electron chi connectivity index (χ0n) is 17.7. The minimum Gasteiger partial charge on any atom is -0.359 e. The van der Waals surface area contributed by atoms with Crippen molar-refractivity contribution in [3.05, 3.63) is 35.4 Å². The molecule has 0 radical (unpaired) electrons. The van der Waals surface area contributed by atoms with Crippen molar-refractivity contribution in [2.45, 2.75) is 50.6 Å². The Hall–Kier alpha value is -2.25. The molecule has 0 bridgehead atoms. The van der Waals surface area contributed by atoms with Crippen molar-refractivity contribution in [2.75, 3.05) is 33.2 Å². The van der Waals surface area contributed by atoms with E-state index in [1.54, 1.807) is 13.1 Å². The molecular formula is C22H31F3N4O. The van der Waals surface area contributed by atoms with Crippen LogP contribution in [0.3, 0.4) is 0 Å². The summed E-state index contributed by atoms with van der Waals surface area (Å²) in [5, 5.41) is 6.00. The Labute approximate surface area is 176 Å². The number of carbonyl (C=O) groups excluding carboxylic acids is 1. The highest BCUT2D eigenvalue weighted by Gasteiger charge is 2.45. The standard InChI is InChI=1S/C22H31F3N4O/c1-3-27-20(29-11-7-16(8-12-29)13-19(30)26-2)28-15-21(9-10-21)17-5-4-6-18(14-17)22(23,24)25/h4-6,14,16H,3,7-13,15H2,1-2H3,(H,26,30)(H,27,28). The fourth-order valence-electron chi connectivity index (χ4n) is 4.08. The molecule has 166 valence electrons. The van der Waals surface area contributed by atoms with Gasteiger partial charge in [-0.05, 0) is 50.2 Å². The average Bonchev–Trinajstić information content (AvgIpc) is 3.52. The van der Waals surface area contributed by atoms with E-state index in [0.717, 1.165) is 62.9 Å². The number of guanidine groups is 1. The molecule has 0 spiro atoms. The van der Waals surface area contributed by atoms with Crippen LogP contribution in [0.1, 0.15) is 50.2 Å². The number of rotatable bonds is 6. The Morgan fingerprint density at radius 2 is 1.97 bits per heavy atom. The molecule has 0 unspecified atom stereocenters. The number of amides is 1. The van der Waals surface area contributed by atoms with E-state index < -0.39 is 11.7 Å². The van der Waals surface area contributed by atoms with Gasteiger partial charge in [0.25, 0.3) is 0 Å². The van der Waals surface area contributed by atoms with Gasteiger partial charge in [0.2, 0.25) is 5.91 Å². The first kappa shape index (κ1) is 22.4. The Kier molecular flexibility index (Phi) is 6.93. The van der Waals surface area contributed by atoms with Gasteiger partial charge in [0.1, 0.15) is 0 Å². The summed E-state index contributed by atoms with van der Waals surface area (Å²) in [6.45, 7) is 4.87. The molecule has 5 nitrogen and oxygen atoms in total. The summed E-state index contributed by atoms with van der Waals surface area (Å²) >= 11 is 0. The van der Waals surface area contributed by atoms with Gasteiger partial charge in [-0.25, -0.2) is 0 Å². The zero-order valence-corrected chi connectivity index (χ0v) is 17.7. The highest BCUT2D eigenvalue weighted by molar-refractivity contribution is 5.80. The molecule has 1 aliphatic heterocycles. The summed E-state index contributed by atoms with van der Waals surface area (Å²) in [5.74, 6) is 1.27. The minimum absolute atomic E-state index is 0.0748. The number of nitrogens with one attached hydrogen (secondary N) is 2. The van der Waals surface area contributed by atoms with Crippen molar-refractivity contribution in [3.8, 4) is 0 Å². The molecule has 0 aromatic heterocycles. The largest absolute Gasteiger partial charge is 0.416 e. The number of hydrogen-bond acceptors (Lipinski definition) is 2. The lowest BCUT2D eigenvalue weighted by atomic mass is 9.93. The van der Waals surface area contributed by atoms with Crippen molar-refractivity contribution in [1.82, 2.24) is 15.5 Å². The SMILES string of the molecule is CCNC(=NCC1(c2cccc(C(F)(F)F)c2)CC1)N1CCC(CC(=O)NC)CC1. The van der Waals surface area contributed by atoms with Gasteiger partial charge in [0.05, 0.1) is 12.1 Å². The molecule has 2 N–H and O–H groups in total. The van der Waals surface area contributed by atoms with E-state index in [1.807, 2.05) is 6.92 Å². The molecule has 8 heteroatoms. The van der Waals surface area contributed by atoms with Gasteiger partial charge in [-0.1, -0.05) is 18.2 Å². The van der Waals surface area contributed by atoms with Crippen molar-refractivity contribution < 1.29 is 18.0 Å². The lowest BCUT2D eigenvalue weighted by molar-refractivity contribution is -0.137. The summed E-state index contributed by atoms with van der Waals surface area (Å²) < 4.78 is 39.3. The molecule has 0 atom stereocenters. The van der Waals surface area contributed by atoms with E-state index in [1.165, 1.54) is 12.1 Å². The molecule has 3 rings (SSSR count). The molecule has 1 saturated carbocycles. The molecule has 1 heterocycles. The van der Waals surface area contributed by atoms with Crippen molar-refractivity contribution in [3.63, 3.8) is 0 Å². The first-order valence-electron chi connectivity index (χ1n) is 10.7. The quantitative estimate of drug-likeness (QED) is 0.543. The molecule has 30 heavy (non-hydrogen) atoms. The maximum Gasteiger partial charge on any atom is 0.416 e. The summed E-state index contributed by atoms with van der Waals surface area (Å²) in [6, 6.07) is 5.68. The molecule has 1 saturated heterocycles. The van der Waals surface area contributed by atoms with Crippen molar-refractivity contribution in [2.24, 2.45) is 10.9 Å². The number of halogens is 3. The number of piperidine rings is 1. The maximum atomic E-state index is 13.1. The van der Waals surface area contributed by atoms with Crippen LogP contribution < -0.4 is 10.6 Å². The fraction of sp³-hybridized carbons (Fsp3) is 0.636. The number of benzene rings is 1. The van der Waals surface area contributed by atoms with Gasteiger partial charge >= 0.3 is 6.18 Å². The Morgan fingerprint density at radius 3 is 2.53 bits per heavy atom. The van der Waals surface area contributed by atoms with Gasteiger partial charge < -0.3 is 15.5 Å². The monoisotopic (exact) mass is 424 g/mol. The van der Waals surface area contributed by atoms with E-state index in [-0.39, 0.29) is 11.3 Å². The number of aliphatic imine (C=N–C) groups is 1. The van der Waals surface area contributed by atoms with Gasteiger partial charge in [-0.2, -0.15) is 13.2 Å². The van der Waals surface area contributed by atoms with E-state index in [9.17, 15) is 18.0 Å². The number of likely N-dealkylation sites (tertiary alicyclic amines) is 1. The van der Waals surface area contributed by atoms with Crippen LogP contribution in [0.5, 0.6) is 0 Å². The minimum atomic E-state index is -4.33. The van der Waals surface area contributed by atoms with Crippen LogP contribution >= 0.6 is 0 Å². The summed E-state index contributed by atoms with van der Waals surface area (Å²) in [5.41, 5.74) is -0.166. The first-order chi connectivity index (χ1) is 14.3. The Morgan fingerprint density at radius 1 is 1.27 bits per heavy atom. The van der Waals surface area contributed by atoms with E-state index in [4.69, 9.17) is 4.99 Å². The lowest BCUT2D eigenvalue weighted by Crippen LogP contribution is -2.46. The van der Waals surface area contributed by atoms with Crippen LogP contribution in [0, 0.1) is 5.92 Å². The zero-order chi connectivity index (χ0) is 21.8. The molecule has 2 fully saturated rings. The van der Waals surface area contributed by atoms with E-state index >= 15 is 0 Å². The fourth-order valence-corrected chi connectivity index (χ4v) is 4.08. The Bertz CT molecular complexity index is 766. The summed E-state index contributed by atoms with van der Waals surface area (Å²) in [6.07, 6.45) is -0.218. The molecule has 2 aliphatic rings. The highest BCUT2D eigenvalue weighted by atomic mass is 19.4. The van der Waals surface area contributed by atoms with Crippen LogP contribution in [-0.4, -0.2) is 50.0 Å². The van der Waals surface area contributed by atoms with Gasteiger partial charge in [-0.15, -0.1) is 0 Å². The van der Waals surface area contributed by atoms with Gasteiger partial charge in [0, 0.05) is 38.5 Å². The van der Waals surface area contributed by atoms with E-state index in [2.05, 4.69) is 15.5 Å². The molecule has 1 aromatic rings. The predicted molar refractivity (Wildman–Crippen MR) is 111 cm³/mol. The molecule has 1 aliphatic carbocycles. The van der Waals surface area contributed by atoms with Crippen molar-refractivity contribution in [1.29, 1.82) is 0 Å². The topological polar surface area (TPSA) is 56.7 Å².